The van der Waals surface area contributed by atoms with Crippen molar-refractivity contribution in [3.05, 3.63) is 45.5 Å². The Morgan fingerprint density at radius 2 is 1.64 bits per heavy atom. The number of nitrogens with two attached hydrogens (primary N) is 1. The van der Waals surface area contributed by atoms with Gasteiger partial charge >= 0.3 is 0 Å². The minimum Gasteiger partial charge on any atom is -0.508 e. The predicted molar refractivity (Wildman–Crippen MR) is 163 cm³/mol. The molecule has 10 nitrogen and oxygen atoms in total. The van der Waals surface area contributed by atoms with E-state index in [9.17, 15) is 34.8 Å². The van der Waals surface area contributed by atoms with Crippen LogP contribution in [0.1, 0.15) is 74.5 Å². The average molecular weight is 626 g/mol. The quantitative estimate of drug-likeness (QED) is 0.215. The lowest BCUT2D eigenvalue weighted by Gasteiger charge is -2.50. The molecule has 6 N–H and O–H groups in total. The van der Waals surface area contributed by atoms with Crippen LogP contribution >= 0.6 is 0 Å². The Kier molecular flexibility index (Phi) is 8.33. The van der Waals surface area contributed by atoms with Crippen LogP contribution < -0.4 is 5.73 Å². The summed E-state index contributed by atoms with van der Waals surface area (Å²) in [4.78, 5) is 43.2. The molecule has 1 amide bonds. The Balaban J connectivity index is 1.37. The summed E-state index contributed by atoms with van der Waals surface area (Å²) in [5, 5.41) is 45.3. The predicted octanol–water partition coefficient (Wildman–Crippen LogP) is 3.29. The number of hydrogen-bond donors (Lipinski definition) is 5. The lowest BCUT2D eigenvalue weighted by Crippen LogP contribution is -2.65. The fourth-order valence-electron chi connectivity index (χ4n) is 8.48. The van der Waals surface area contributed by atoms with E-state index < -0.39 is 63.9 Å². The molecule has 5 aliphatic rings. The van der Waals surface area contributed by atoms with Gasteiger partial charge in [0.25, 0.3) is 5.91 Å². The molecule has 0 bridgehead atoms. The molecule has 1 unspecified atom stereocenters. The fraction of sp³-hybridized carbons (Fsp3) is 0.618. The first kappa shape index (κ1) is 31.7. The van der Waals surface area contributed by atoms with Gasteiger partial charge in [-0.3, -0.25) is 24.2 Å². The summed E-state index contributed by atoms with van der Waals surface area (Å²) in [5.41, 5.74) is 1.69. The van der Waals surface area contributed by atoms with E-state index in [2.05, 4.69) is 4.90 Å². The van der Waals surface area contributed by atoms with Crippen molar-refractivity contribution in [1.29, 1.82) is 0 Å². The lowest BCUT2D eigenvalue weighted by molar-refractivity contribution is -0.153. The summed E-state index contributed by atoms with van der Waals surface area (Å²) >= 11 is 0. The molecule has 1 aromatic rings. The Hall–Kier alpha value is -3.28. The third kappa shape index (κ3) is 5.36. The number of benzene rings is 1. The third-order valence-corrected chi connectivity index (χ3v) is 10.8. The number of likely N-dealkylation sites (N-methyl/N-ethyl adjacent to an activating group) is 1. The number of fused-ring (bicyclic) bond motifs is 3. The largest absolute Gasteiger partial charge is 0.508 e. The zero-order valence-corrected chi connectivity index (χ0v) is 26.0. The maximum atomic E-state index is 16.4. The van der Waals surface area contributed by atoms with Crippen LogP contribution in [0.25, 0.3) is 5.76 Å². The maximum Gasteiger partial charge on any atom is 0.255 e. The van der Waals surface area contributed by atoms with Gasteiger partial charge in [0.15, 0.2) is 11.4 Å². The van der Waals surface area contributed by atoms with E-state index in [0.29, 0.717) is 23.9 Å². The summed E-state index contributed by atoms with van der Waals surface area (Å²) in [7, 11) is 3.08. The van der Waals surface area contributed by atoms with E-state index in [4.69, 9.17) is 5.73 Å². The molecule has 0 aliphatic heterocycles. The molecule has 0 radical (unpaired) electrons. The summed E-state index contributed by atoms with van der Waals surface area (Å²) in [6, 6.07) is 0.125. The molecule has 0 heterocycles. The van der Waals surface area contributed by atoms with Crippen molar-refractivity contribution in [2.75, 3.05) is 27.2 Å². The summed E-state index contributed by atoms with van der Waals surface area (Å²) in [6.07, 6.45) is 9.40. The van der Waals surface area contributed by atoms with Crippen molar-refractivity contribution in [1.82, 2.24) is 9.80 Å². The summed E-state index contributed by atoms with van der Waals surface area (Å²) < 4.78 is 16.4. The molecule has 6 rings (SSSR count). The second-order valence-corrected chi connectivity index (χ2v) is 14.2. The van der Waals surface area contributed by atoms with Gasteiger partial charge in [-0.25, -0.2) is 4.39 Å². The number of phenols is 1. The van der Waals surface area contributed by atoms with Gasteiger partial charge in [0.1, 0.15) is 28.7 Å². The van der Waals surface area contributed by atoms with E-state index >= 15 is 4.39 Å². The van der Waals surface area contributed by atoms with Crippen molar-refractivity contribution >= 4 is 23.2 Å². The van der Waals surface area contributed by atoms with E-state index in [-0.39, 0.29) is 35.3 Å². The minimum atomic E-state index is -2.72. The smallest absolute Gasteiger partial charge is 0.255 e. The monoisotopic (exact) mass is 625 g/mol. The summed E-state index contributed by atoms with van der Waals surface area (Å²) in [6.45, 7) is 2.05. The zero-order chi connectivity index (χ0) is 32.4. The van der Waals surface area contributed by atoms with Gasteiger partial charge in [-0.05, 0) is 76.4 Å². The number of carbonyl (C=O) groups is 3. The second kappa shape index (κ2) is 11.8. The molecule has 0 spiro atoms. The topological polar surface area (TPSA) is 165 Å². The van der Waals surface area contributed by atoms with Crippen molar-refractivity contribution in [3.63, 3.8) is 0 Å². The lowest BCUT2D eigenvalue weighted by atomic mass is 9.57. The van der Waals surface area contributed by atoms with Crippen molar-refractivity contribution in [2.24, 2.45) is 29.4 Å². The van der Waals surface area contributed by atoms with Crippen LogP contribution in [0.2, 0.25) is 0 Å². The zero-order valence-electron chi connectivity index (χ0n) is 26.0. The Bertz CT molecular complexity index is 1490. The number of aliphatic hydroxyl groups is 3. The molecule has 45 heavy (non-hydrogen) atoms. The van der Waals surface area contributed by atoms with Gasteiger partial charge in [0.05, 0.1) is 11.6 Å². The van der Waals surface area contributed by atoms with Crippen LogP contribution in [0.3, 0.4) is 0 Å². The Morgan fingerprint density at radius 3 is 2.22 bits per heavy atom. The molecule has 5 aliphatic carbocycles. The van der Waals surface area contributed by atoms with Gasteiger partial charge in [0.2, 0.25) is 5.78 Å². The SMILES string of the molecule is CN(C)[C@@H]1C(=O)C(C(N)=O)=C(O)[C@@]2(O)C(=O)C3=C(O)c4c(O)cc(CN(CC5CCCCCC5)CC5CC5)c(F)c4C[C@H]3CC12. The number of nitrogens with zero attached hydrogens (tertiary/aromatic N) is 2. The minimum absolute atomic E-state index is 0.0625. The molecular formula is C34H44FN3O7. The highest BCUT2D eigenvalue weighted by molar-refractivity contribution is 6.24. The third-order valence-electron chi connectivity index (χ3n) is 10.8. The highest BCUT2D eigenvalue weighted by Gasteiger charge is 2.64. The molecule has 244 valence electrons. The molecule has 3 saturated carbocycles. The number of primary amides is 1. The highest BCUT2D eigenvalue weighted by Crippen LogP contribution is 2.53. The van der Waals surface area contributed by atoms with Crippen LogP contribution in [0.5, 0.6) is 5.75 Å². The first-order valence-corrected chi connectivity index (χ1v) is 16.2. The molecule has 4 atom stereocenters. The average Bonchev–Trinajstić information content (AvgIpc) is 3.81. The van der Waals surface area contributed by atoms with Crippen LogP contribution in [0.4, 0.5) is 4.39 Å². The number of ketones is 2. The first-order valence-electron chi connectivity index (χ1n) is 16.2. The van der Waals surface area contributed by atoms with E-state index in [1.165, 1.54) is 36.6 Å². The molecule has 1 aromatic carbocycles. The molecule has 11 heteroatoms. The summed E-state index contributed by atoms with van der Waals surface area (Å²) in [5.74, 6) is -6.85. The number of carbonyl (C=O) groups excluding carboxylic acids is 3. The van der Waals surface area contributed by atoms with Crippen LogP contribution in [0, 0.1) is 29.5 Å². The maximum absolute atomic E-state index is 16.4. The second-order valence-electron chi connectivity index (χ2n) is 14.2. The van der Waals surface area contributed by atoms with Gasteiger partial charge in [0, 0.05) is 42.3 Å². The fourth-order valence-corrected chi connectivity index (χ4v) is 8.48. The number of aromatic hydroxyl groups is 1. The van der Waals surface area contributed by atoms with Gasteiger partial charge in [-0.1, -0.05) is 25.7 Å². The van der Waals surface area contributed by atoms with E-state index in [0.717, 1.165) is 38.8 Å². The number of phenolic OH excluding ortho intramolecular Hbond substituents is 1. The normalized spacial score (nSPS) is 29.2. The number of amides is 1. The van der Waals surface area contributed by atoms with Gasteiger partial charge < -0.3 is 26.2 Å². The van der Waals surface area contributed by atoms with Crippen LogP contribution in [0.15, 0.2) is 23.0 Å². The van der Waals surface area contributed by atoms with E-state index in [1.807, 2.05) is 0 Å². The highest BCUT2D eigenvalue weighted by atomic mass is 19.1. The van der Waals surface area contributed by atoms with Gasteiger partial charge in [-0.2, -0.15) is 0 Å². The molecule has 0 saturated heterocycles. The van der Waals surface area contributed by atoms with E-state index in [1.54, 1.807) is 14.1 Å². The number of hydrogen-bond acceptors (Lipinski definition) is 9. The molecule has 0 aromatic heterocycles. The Morgan fingerprint density at radius 1 is 1.02 bits per heavy atom. The number of aliphatic hydroxyl groups excluding tert-OH is 2. The Labute approximate surface area is 262 Å². The van der Waals surface area contributed by atoms with Gasteiger partial charge in [-0.15, -0.1) is 0 Å². The first-order chi connectivity index (χ1) is 21.3. The van der Waals surface area contributed by atoms with Crippen LogP contribution in [-0.2, 0) is 27.3 Å². The van der Waals surface area contributed by atoms with Crippen molar-refractivity contribution in [2.45, 2.75) is 82.4 Å². The number of halogens is 1. The molecular weight excluding hydrogens is 581 g/mol. The van der Waals surface area contributed by atoms with Crippen molar-refractivity contribution < 1.29 is 39.2 Å². The van der Waals surface area contributed by atoms with Crippen LogP contribution in [-0.4, -0.2) is 86.5 Å². The standard InChI is InChI=1S/C34H44FN3O7/c1-37(2)28-22-12-19-11-21-25(29(40)24(19)31(42)34(22,45)32(43)26(30(28)41)33(36)44)23(39)13-20(27(21)35)16-38(15-18-9-10-18)14-17-7-5-3-4-6-8-17/h13,17-19,22,28,39-40,43,45H,3-12,14-16H2,1-2H3,(H2,36,44)/t19-,22?,28-,34-/m0/s1. The number of rotatable bonds is 8. The number of Topliss-reactive ketones (excluding diaryl/α,β-unsaturated/α-hetero) is 2. The molecule has 3 fully saturated rings. The van der Waals surface area contributed by atoms with Crippen molar-refractivity contribution in [3.8, 4) is 5.75 Å².